The average molecular weight is 364 g/mol. The average Bonchev–Trinajstić information content (AvgIpc) is 3.15. The zero-order valence-corrected chi connectivity index (χ0v) is 15.3. The Labute approximate surface area is 152 Å². The van der Waals surface area contributed by atoms with Crippen LogP contribution in [0.3, 0.4) is 0 Å². The largest absolute Gasteiger partial charge is 0.473 e. The lowest BCUT2D eigenvalue weighted by Crippen LogP contribution is -2.42. The summed E-state index contributed by atoms with van der Waals surface area (Å²) in [5.41, 5.74) is 0.526. The summed E-state index contributed by atoms with van der Waals surface area (Å²) < 4.78 is 10.9. The monoisotopic (exact) mass is 364 g/mol. The van der Waals surface area contributed by atoms with Crippen LogP contribution < -0.4 is 4.74 Å². The SMILES string of the molecule is CCOC(=O)C1CCCN(C(=O)c2ccc(OC3CCSC3)nc2)C1. The van der Waals surface area contributed by atoms with Gasteiger partial charge in [0.1, 0.15) is 6.10 Å². The number of carbonyl (C=O) groups excluding carboxylic acids is 2. The number of pyridine rings is 1. The highest BCUT2D eigenvalue weighted by molar-refractivity contribution is 7.99. The molecule has 2 saturated heterocycles. The number of carbonyl (C=O) groups is 2. The summed E-state index contributed by atoms with van der Waals surface area (Å²) in [6.45, 7) is 3.23. The summed E-state index contributed by atoms with van der Waals surface area (Å²) in [6, 6.07) is 3.50. The van der Waals surface area contributed by atoms with Crippen LogP contribution >= 0.6 is 11.8 Å². The molecule has 0 radical (unpaired) electrons. The number of rotatable bonds is 5. The van der Waals surface area contributed by atoms with Crippen molar-refractivity contribution in [2.75, 3.05) is 31.2 Å². The van der Waals surface area contributed by atoms with Crippen molar-refractivity contribution in [2.45, 2.75) is 32.3 Å². The van der Waals surface area contributed by atoms with Crippen LogP contribution in [0.25, 0.3) is 0 Å². The number of hydrogen-bond acceptors (Lipinski definition) is 6. The summed E-state index contributed by atoms with van der Waals surface area (Å²) in [7, 11) is 0. The first-order valence-electron chi connectivity index (χ1n) is 8.83. The highest BCUT2D eigenvalue weighted by atomic mass is 32.2. The molecular formula is C18H24N2O4S. The second-order valence-corrected chi connectivity index (χ2v) is 7.48. The Hall–Kier alpha value is -1.76. The van der Waals surface area contributed by atoms with E-state index in [-0.39, 0.29) is 23.9 Å². The van der Waals surface area contributed by atoms with Gasteiger partial charge in [-0.3, -0.25) is 9.59 Å². The van der Waals surface area contributed by atoms with Crippen molar-refractivity contribution in [1.29, 1.82) is 0 Å². The number of hydrogen-bond donors (Lipinski definition) is 0. The second-order valence-electron chi connectivity index (χ2n) is 6.33. The third-order valence-corrected chi connectivity index (χ3v) is 5.62. The van der Waals surface area contributed by atoms with Gasteiger partial charge in [0.15, 0.2) is 0 Å². The first kappa shape index (κ1) is 18.0. The number of likely N-dealkylation sites (tertiary alicyclic amines) is 1. The van der Waals surface area contributed by atoms with Crippen LogP contribution in [-0.2, 0) is 9.53 Å². The fraction of sp³-hybridized carbons (Fsp3) is 0.611. The molecule has 1 aromatic heterocycles. The minimum atomic E-state index is -0.229. The van der Waals surface area contributed by atoms with E-state index in [1.54, 1.807) is 30.2 Å². The van der Waals surface area contributed by atoms with Gasteiger partial charge in [0.05, 0.1) is 18.1 Å². The molecule has 0 aliphatic carbocycles. The molecule has 0 saturated carbocycles. The molecular weight excluding hydrogens is 340 g/mol. The lowest BCUT2D eigenvalue weighted by atomic mass is 9.97. The van der Waals surface area contributed by atoms with Crippen LogP contribution in [0.15, 0.2) is 18.3 Å². The summed E-state index contributed by atoms with van der Waals surface area (Å²) >= 11 is 1.88. The molecule has 0 aromatic carbocycles. The molecule has 2 aliphatic heterocycles. The normalized spacial score (nSPS) is 23.3. The van der Waals surface area contributed by atoms with Gasteiger partial charge in [-0.2, -0.15) is 11.8 Å². The van der Waals surface area contributed by atoms with Gasteiger partial charge in [-0.05, 0) is 38.0 Å². The van der Waals surface area contributed by atoms with E-state index in [4.69, 9.17) is 9.47 Å². The van der Waals surface area contributed by atoms with E-state index in [2.05, 4.69) is 4.98 Å². The quantitative estimate of drug-likeness (QED) is 0.747. The van der Waals surface area contributed by atoms with E-state index in [1.807, 2.05) is 11.8 Å². The highest BCUT2D eigenvalue weighted by Crippen LogP contribution is 2.23. The van der Waals surface area contributed by atoms with Crippen molar-refractivity contribution in [1.82, 2.24) is 9.88 Å². The predicted molar refractivity (Wildman–Crippen MR) is 95.9 cm³/mol. The topological polar surface area (TPSA) is 68.7 Å². The number of esters is 1. The number of thioether (sulfide) groups is 1. The van der Waals surface area contributed by atoms with Gasteiger partial charge in [0, 0.05) is 31.1 Å². The third kappa shape index (κ3) is 4.66. The van der Waals surface area contributed by atoms with Crippen molar-refractivity contribution >= 4 is 23.6 Å². The molecule has 1 amide bonds. The van der Waals surface area contributed by atoms with Crippen molar-refractivity contribution in [3.05, 3.63) is 23.9 Å². The van der Waals surface area contributed by atoms with Crippen molar-refractivity contribution in [3.63, 3.8) is 0 Å². The maximum Gasteiger partial charge on any atom is 0.310 e. The Morgan fingerprint density at radius 2 is 2.24 bits per heavy atom. The summed E-state index contributed by atoms with van der Waals surface area (Å²) in [5, 5.41) is 0. The zero-order chi connectivity index (χ0) is 17.6. The van der Waals surface area contributed by atoms with Crippen LogP contribution in [0.1, 0.15) is 36.5 Å². The Bertz CT molecular complexity index is 602. The van der Waals surface area contributed by atoms with Gasteiger partial charge in [-0.1, -0.05) is 0 Å². The minimum Gasteiger partial charge on any atom is -0.473 e. The van der Waals surface area contributed by atoms with Crippen molar-refractivity contribution in [2.24, 2.45) is 5.92 Å². The van der Waals surface area contributed by atoms with Gasteiger partial charge in [-0.25, -0.2) is 4.98 Å². The molecule has 2 atom stereocenters. The van der Waals surface area contributed by atoms with Gasteiger partial charge >= 0.3 is 5.97 Å². The first-order chi connectivity index (χ1) is 12.2. The zero-order valence-electron chi connectivity index (χ0n) is 14.5. The number of ether oxygens (including phenoxy) is 2. The Morgan fingerprint density at radius 3 is 2.92 bits per heavy atom. The molecule has 6 nitrogen and oxygen atoms in total. The fourth-order valence-electron chi connectivity index (χ4n) is 3.15. The third-order valence-electron chi connectivity index (χ3n) is 4.49. The molecule has 1 aromatic rings. The van der Waals surface area contributed by atoms with Gasteiger partial charge in [0.25, 0.3) is 5.91 Å². The number of piperidine rings is 1. The van der Waals surface area contributed by atoms with E-state index in [0.29, 0.717) is 31.1 Å². The lowest BCUT2D eigenvalue weighted by Gasteiger charge is -2.31. The summed E-state index contributed by atoms with van der Waals surface area (Å²) in [6.07, 6.45) is 4.39. The van der Waals surface area contributed by atoms with Gasteiger partial charge in [0.2, 0.25) is 5.88 Å². The van der Waals surface area contributed by atoms with E-state index in [1.165, 1.54) is 0 Å². The fourth-order valence-corrected chi connectivity index (χ4v) is 4.24. The lowest BCUT2D eigenvalue weighted by molar-refractivity contribution is -0.149. The molecule has 2 unspecified atom stereocenters. The second kappa shape index (κ2) is 8.56. The molecule has 2 aliphatic rings. The van der Waals surface area contributed by atoms with Crippen LogP contribution in [-0.4, -0.2) is 59.1 Å². The maximum absolute atomic E-state index is 12.7. The van der Waals surface area contributed by atoms with Crippen LogP contribution in [0, 0.1) is 5.92 Å². The van der Waals surface area contributed by atoms with Gasteiger partial charge < -0.3 is 14.4 Å². The van der Waals surface area contributed by atoms with Gasteiger partial charge in [-0.15, -0.1) is 0 Å². The Balaban J connectivity index is 1.59. The van der Waals surface area contributed by atoms with Crippen LogP contribution in [0.4, 0.5) is 0 Å². The molecule has 0 spiro atoms. The van der Waals surface area contributed by atoms with Crippen molar-refractivity contribution in [3.8, 4) is 5.88 Å². The van der Waals surface area contributed by atoms with Crippen LogP contribution in [0.2, 0.25) is 0 Å². The molecule has 3 rings (SSSR count). The molecule has 0 N–H and O–H groups in total. The van der Waals surface area contributed by atoms with Crippen LogP contribution in [0.5, 0.6) is 5.88 Å². The highest BCUT2D eigenvalue weighted by Gasteiger charge is 2.30. The van der Waals surface area contributed by atoms with Crippen molar-refractivity contribution < 1.29 is 19.1 Å². The number of amides is 1. The summed E-state index contributed by atoms with van der Waals surface area (Å²) in [4.78, 5) is 30.6. The van der Waals surface area contributed by atoms with E-state index < -0.39 is 0 Å². The minimum absolute atomic E-state index is 0.0931. The Kier molecular flexibility index (Phi) is 6.18. The Morgan fingerprint density at radius 1 is 1.36 bits per heavy atom. The molecule has 2 fully saturated rings. The number of nitrogens with zero attached hydrogens (tertiary/aromatic N) is 2. The maximum atomic E-state index is 12.7. The number of aromatic nitrogens is 1. The van der Waals surface area contributed by atoms with E-state index in [9.17, 15) is 9.59 Å². The predicted octanol–water partition coefficient (Wildman–Crippen LogP) is 2.38. The van der Waals surface area contributed by atoms with E-state index >= 15 is 0 Å². The summed E-state index contributed by atoms with van der Waals surface area (Å²) in [5.74, 6) is 2.14. The molecule has 3 heterocycles. The molecule has 136 valence electrons. The first-order valence-corrected chi connectivity index (χ1v) is 9.99. The molecule has 0 bridgehead atoms. The molecule has 25 heavy (non-hydrogen) atoms. The van der Waals surface area contributed by atoms with E-state index in [0.717, 1.165) is 30.8 Å². The smallest absolute Gasteiger partial charge is 0.310 e. The molecule has 7 heteroatoms. The standard InChI is InChI=1S/C18H24N2O4S/c1-2-23-18(22)14-4-3-8-20(11-14)17(21)13-5-6-16(19-10-13)24-15-7-9-25-12-15/h5-6,10,14-15H,2-4,7-9,11-12H2,1H3.